The maximum absolute atomic E-state index is 10.0. The molecular formula is C19H25NO. The molecule has 0 unspecified atom stereocenters. The highest BCUT2D eigenvalue weighted by Crippen LogP contribution is 2.56. The third-order valence-corrected chi connectivity index (χ3v) is 6.02. The first-order valence-corrected chi connectivity index (χ1v) is 8.01. The summed E-state index contributed by atoms with van der Waals surface area (Å²) < 4.78 is 39.7. The van der Waals surface area contributed by atoms with E-state index in [-0.39, 0.29) is 11.5 Å². The molecule has 2 nitrogen and oxygen atoms in total. The first-order chi connectivity index (χ1) is 12.3. The zero-order valence-corrected chi connectivity index (χ0v) is 12.2. The van der Waals surface area contributed by atoms with Gasteiger partial charge in [-0.15, -0.1) is 6.53 Å². The number of likely N-dealkylation sites (tertiary alicyclic amines) is 1. The highest BCUT2D eigenvalue weighted by Gasteiger charge is 2.53. The summed E-state index contributed by atoms with van der Waals surface area (Å²) >= 11 is 0. The largest absolute Gasteiger partial charge is 0.508 e. The Morgan fingerprint density at radius 3 is 3.38 bits per heavy atom. The zero-order chi connectivity index (χ0) is 18.7. The second kappa shape index (κ2) is 4.88. The van der Waals surface area contributed by atoms with Crippen LogP contribution in [0.5, 0.6) is 5.75 Å². The Morgan fingerprint density at radius 2 is 2.48 bits per heavy atom. The summed E-state index contributed by atoms with van der Waals surface area (Å²) in [5, 5.41) is 10.0. The maximum Gasteiger partial charge on any atom is 0.115 e. The number of hydrogen-bond donors (Lipinski definition) is 1. The van der Waals surface area contributed by atoms with Crippen LogP contribution in [0.15, 0.2) is 30.8 Å². The van der Waals surface area contributed by atoms with Crippen LogP contribution in [0.4, 0.5) is 0 Å². The summed E-state index contributed by atoms with van der Waals surface area (Å²) in [7, 11) is 0. The molecule has 1 saturated carbocycles. The average Bonchev–Trinajstić information content (AvgIpc) is 2.61. The maximum atomic E-state index is 10.0. The van der Waals surface area contributed by atoms with Crippen molar-refractivity contribution in [2.75, 3.05) is 13.0 Å². The number of nitrogens with zero attached hydrogens (tertiary/aromatic N) is 1. The van der Waals surface area contributed by atoms with Gasteiger partial charge in [0, 0.05) is 20.7 Å². The fourth-order valence-electron chi connectivity index (χ4n) is 5.20. The molecule has 0 aromatic heterocycles. The Morgan fingerprint density at radius 1 is 1.52 bits per heavy atom. The Bertz CT molecular complexity index is 760. The van der Waals surface area contributed by atoms with Crippen LogP contribution in [-0.4, -0.2) is 29.1 Å². The lowest BCUT2D eigenvalue weighted by atomic mass is 9.52. The molecule has 112 valence electrons. The highest BCUT2D eigenvalue weighted by molar-refractivity contribution is 5.45. The van der Waals surface area contributed by atoms with Gasteiger partial charge in [0.25, 0.3) is 0 Å². The van der Waals surface area contributed by atoms with Crippen LogP contribution in [0.2, 0.25) is 0 Å². The first kappa shape index (κ1) is 8.99. The Hall–Kier alpha value is -1.28. The van der Waals surface area contributed by atoms with Crippen molar-refractivity contribution >= 4 is 0 Å². The van der Waals surface area contributed by atoms with Crippen molar-refractivity contribution in [2.24, 2.45) is 5.92 Å². The van der Waals surface area contributed by atoms with Gasteiger partial charge in [-0.2, -0.15) is 0 Å². The van der Waals surface area contributed by atoms with E-state index in [0.717, 1.165) is 32.1 Å². The summed E-state index contributed by atoms with van der Waals surface area (Å²) in [6, 6.07) is 4.99. The van der Waals surface area contributed by atoms with Crippen molar-refractivity contribution in [3.63, 3.8) is 0 Å². The van der Waals surface area contributed by atoms with Crippen molar-refractivity contribution in [3.05, 3.63) is 41.9 Å². The molecule has 3 atom stereocenters. The van der Waals surface area contributed by atoms with Crippen LogP contribution in [0.25, 0.3) is 0 Å². The van der Waals surface area contributed by atoms with Crippen LogP contribution in [0, 0.1) is 5.92 Å². The van der Waals surface area contributed by atoms with Crippen LogP contribution in [-0.2, 0) is 11.8 Å². The molecule has 2 heteroatoms. The van der Waals surface area contributed by atoms with E-state index in [4.69, 9.17) is 6.85 Å². The van der Waals surface area contributed by atoms with E-state index in [1.165, 1.54) is 11.1 Å². The summed E-state index contributed by atoms with van der Waals surface area (Å²) in [4.78, 5) is 1.74. The normalized spacial score (nSPS) is 38.8. The third kappa shape index (κ3) is 1.88. The Kier molecular flexibility index (Phi) is 2.09. The molecule has 1 aromatic carbocycles. The number of phenols is 1. The van der Waals surface area contributed by atoms with E-state index in [1.54, 1.807) is 11.0 Å². The van der Waals surface area contributed by atoms with E-state index in [1.807, 2.05) is 12.1 Å². The monoisotopic (exact) mass is 288 g/mol. The molecule has 1 N–H and O–H groups in total. The lowest BCUT2D eigenvalue weighted by Gasteiger charge is -2.59. The fourth-order valence-corrected chi connectivity index (χ4v) is 5.20. The number of rotatable bonds is 2. The number of phenolic OH excluding ortho intramolecular Hbond substituents is 1. The summed E-state index contributed by atoms with van der Waals surface area (Å²) in [5.74, 6) is 0.588. The van der Waals surface area contributed by atoms with Gasteiger partial charge in [-0.25, -0.2) is 0 Å². The number of aromatic hydroxyl groups is 1. The van der Waals surface area contributed by atoms with Gasteiger partial charge in [0.05, 0.1) is 4.11 Å². The lowest BCUT2D eigenvalue weighted by molar-refractivity contribution is -0.00517. The van der Waals surface area contributed by atoms with Gasteiger partial charge in [0.2, 0.25) is 0 Å². The minimum absolute atomic E-state index is 0.0154. The number of benzene rings is 1. The molecule has 0 amide bonds. The SMILES string of the molecule is [2H]C([2H])=C([2H])C([2H])([2H])N1CC[C@]23CCCC[C@H]2[C@H]1Cc1ccc(O)cc13. The van der Waals surface area contributed by atoms with Gasteiger partial charge in [-0.05, 0) is 61.4 Å². The van der Waals surface area contributed by atoms with E-state index in [0.29, 0.717) is 24.6 Å². The molecule has 1 saturated heterocycles. The van der Waals surface area contributed by atoms with Crippen molar-refractivity contribution < 1.29 is 12.0 Å². The van der Waals surface area contributed by atoms with Crippen molar-refractivity contribution in [2.45, 2.75) is 50.0 Å². The van der Waals surface area contributed by atoms with Crippen molar-refractivity contribution in [1.82, 2.24) is 4.90 Å². The minimum atomic E-state index is -2.10. The van der Waals surface area contributed by atoms with Gasteiger partial charge < -0.3 is 5.11 Å². The second-order valence-corrected chi connectivity index (χ2v) is 6.80. The molecule has 1 heterocycles. The van der Waals surface area contributed by atoms with E-state index >= 15 is 0 Å². The van der Waals surface area contributed by atoms with Crippen LogP contribution < -0.4 is 0 Å². The van der Waals surface area contributed by atoms with E-state index in [2.05, 4.69) is 0 Å². The predicted octanol–water partition coefficient (Wildman–Crippen LogP) is 3.64. The van der Waals surface area contributed by atoms with E-state index < -0.39 is 19.1 Å². The molecule has 0 spiro atoms. The summed E-state index contributed by atoms with van der Waals surface area (Å²) in [5.41, 5.74) is 2.39. The molecule has 2 fully saturated rings. The fraction of sp³-hybridized carbons (Fsp3) is 0.579. The minimum Gasteiger partial charge on any atom is -0.508 e. The molecule has 3 aliphatic rings. The van der Waals surface area contributed by atoms with Crippen molar-refractivity contribution in [3.8, 4) is 5.75 Å². The van der Waals surface area contributed by atoms with Crippen LogP contribution >= 0.6 is 0 Å². The van der Waals surface area contributed by atoms with Gasteiger partial charge in [-0.1, -0.05) is 25.0 Å². The molecule has 21 heavy (non-hydrogen) atoms. The highest BCUT2D eigenvalue weighted by atomic mass is 16.3. The Balaban J connectivity index is 1.81. The van der Waals surface area contributed by atoms with Gasteiger partial charge >= 0.3 is 0 Å². The second-order valence-electron chi connectivity index (χ2n) is 6.80. The topological polar surface area (TPSA) is 23.5 Å². The van der Waals surface area contributed by atoms with Crippen LogP contribution in [0.1, 0.15) is 50.1 Å². The Labute approximate surface area is 134 Å². The molecule has 1 aliphatic heterocycles. The summed E-state index contributed by atoms with van der Waals surface area (Å²) in [6.45, 7) is -2.34. The third-order valence-electron chi connectivity index (χ3n) is 6.02. The molecule has 4 rings (SSSR count). The van der Waals surface area contributed by atoms with E-state index in [9.17, 15) is 5.11 Å². The lowest BCUT2D eigenvalue weighted by Crippen LogP contribution is -2.60. The quantitative estimate of drug-likeness (QED) is 0.840. The molecule has 2 bridgehead atoms. The number of hydrogen-bond acceptors (Lipinski definition) is 2. The molecule has 0 radical (unpaired) electrons. The molecule has 2 aliphatic carbocycles. The van der Waals surface area contributed by atoms with Gasteiger partial charge in [0.1, 0.15) is 5.75 Å². The standard InChI is InChI=1S/C19H25NO/c1-2-10-20-11-9-19-8-4-3-5-16(19)18(20)12-14-6-7-15(21)13-17(14)19/h2,6-7,13,16,18,21H,1,3-5,8-12H2/t16-,18+,19+/m0/s1/i1D2,2D,10D2. The predicted molar refractivity (Wildman–Crippen MR) is 85.6 cm³/mol. The van der Waals surface area contributed by atoms with Gasteiger partial charge in [0.15, 0.2) is 0 Å². The van der Waals surface area contributed by atoms with Crippen molar-refractivity contribution in [1.29, 1.82) is 0 Å². The first-order valence-electron chi connectivity index (χ1n) is 10.5. The number of piperidine rings is 1. The average molecular weight is 288 g/mol. The summed E-state index contributed by atoms with van der Waals surface area (Å²) in [6.07, 6.45) is 5.85. The molecule has 1 aromatic rings. The molecular weight excluding hydrogens is 258 g/mol. The zero-order valence-electron chi connectivity index (χ0n) is 17.2. The van der Waals surface area contributed by atoms with Crippen LogP contribution in [0.3, 0.4) is 0 Å². The number of fused-ring (bicyclic) bond motifs is 1. The van der Waals surface area contributed by atoms with Gasteiger partial charge in [-0.3, -0.25) is 4.90 Å². The smallest absolute Gasteiger partial charge is 0.115 e.